The lowest BCUT2D eigenvalue weighted by molar-refractivity contribution is 0.102. The number of urea groups is 1. The van der Waals surface area contributed by atoms with Crippen LogP contribution in [0.15, 0.2) is 16.9 Å². The topological polar surface area (TPSA) is 51.2 Å². The highest BCUT2D eigenvalue weighted by Gasteiger charge is 2.29. The number of aliphatic imine (C=N–C) groups is 1. The van der Waals surface area contributed by atoms with Gasteiger partial charge in [-0.3, -0.25) is 4.99 Å². The van der Waals surface area contributed by atoms with E-state index in [9.17, 15) is 4.79 Å². The molecule has 0 aromatic rings. The van der Waals surface area contributed by atoms with Gasteiger partial charge in [0.05, 0.1) is 12.4 Å². The van der Waals surface area contributed by atoms with Crippen LogP contribution in [0.25, 0.3) is 0 Å². The molecule has 2 aliphatic heterocycles. The molecule has 0 aliphatic carbocycles. The maximum Gasteiger partial charge on any atom is 0.319 e. The molecule has 0 bridgehead atoms. The molecule has 106 valence electrons. The smallest absolute Gasteiger partial charge is 0.319 e. The van der Waals surface area contributed by atoms with E-state index in [0.717, 1.165) is 25.5 Å². The Kier molecular flexibility index (Phi) is 3.97. The summed E-state index contributed by atoms with van der Waals surface area (Å²) in [6.45, 7) is 6.60. The van der Waals surface area contributed by atoms with Gasteiger partial charge in [-0.1, -0.05) is 0 Å². The number of rotatable bonds is 1. The number of nitrogens with one attached hydrogen (secondary N) is 1. The SMILES string of the molecule is CC1C=C(N2CCN(C(=O)N(C)C)[C@@H](C)C2)NC=N1. The fourth-order valence-corrected chi connectivity index (χ4v) is 2.45. The van der Waals surface area contributed by atoms with E-state index in [1.807, 2.05) is 4.90 Å². The summed E-state index contributed by atoms with van der Waals surface area (Å²) in [6.07, 6.45) is 3.87. The van der Waals surface area contributed by atoms with Crippen LogP contribution < -0.4 is 5.32 Å². The first-order chi connectivity index (χ1) is 8.99. The van der Waals surface area contributed by atoms with Gasteiger partial charge in [0.15, 0.2) is 0 Å². The molecule has 1 fully saturated rings. The number of hydrogen-bond acceptors (Lipinski definition) is 4. The molecule has 6 heteroatoms. The summed E-state index contributed by atoms with van der Waals surface area (Å²) >= 11 is 0. The minimum atomic E-state index is 0.0904. The summed E-state index contributed by atoms with van der Waals surface area (Å²) in [5, 5.41) is 3.19. The molecule has 2 atom stereocenters. The van der Waals surface area contributed by atoms with Crippen molar-refractivity contribution in [2.75, 3.05) is 33.7 Å². The molecule has 1 N–H and O–H groups in total. The first-order valence-electron chi connectivity index (χ1n) is 6.72. The van der Waals surface area contributed by atoms with E-state index in [-0.39, 0.29) is 18.1 Å². The number of piperazine rings is 1. The molecule has 1 saturated heterocycles. The van der Waals surface area contributed by atoms with E-state index < -0.39 is 0 Å². The zero-order chi connectivity index (χ0) is 14.0. The van der Waals surface area contributed by atoms with E-state index in [0.29, 0.717) is 0 Å². The third-order valence-electron chi connectivity index (χ3n) is 3.52. The minimum absolute atomic E-state index is 0.0904. The molecule has 1 unspecified atom stereocenters. The average molecular weight is 265 g/mol. The molecular weight excluding hydrogens is 242 g/mol. The van der Waals surface area contributed by atoms with E-state index >= 15 is 0 Å². The van der Waals surface area contributed by atoms with Crippen LogP contribution in [0, 0.1) is 0 Å². The molecule has 0 radical (unpaired) electrons. The lowest BCUT2D eigenvalue weighted by Gasteiger charge is -2.42. The number of carbonyl (C=O) groups is 1. The van der Waals surface area contributed by atoms with Crippen LogP contribution in [0.1, 0.15) is 13.8 Å². The highest BCUT2D eigenvalue weighted by Crippen LogP contribution is 2.16. The Bertz CT molecular complexity index is 404. The zero-order valence-corrected chi connectivity index (χ0v) is 12.1. The third-order valence-corrected chi connectivity index (χ3v) is 3.52. The van der Waals surface area contributed by atoms with Crippen LogP contribution in [0.4, 0.5) is 4.79 Å². The molecule has 0 spiro atoms. The van der Waals surface area contributed by atoms with Gasteiger partial charge in [0, 0.05) is 39.8 Å². The van der Waals surface area contributed by atoms with Gasteiger partial charge < -0.3 is 20.0 Å². The molecule has 2 aliphatic rings. The number of nitrogens with zero attached hydrogens (tertiary/aromatic N) is 4. The van der Waals surface area contributed by atoms with Crippen molar-refractivity contribution in [3.05, 3.63) is 11.9 Å². The standard InChI is InChI=1S/C13H23N5O/c1-10-7-12(15-9-14-10)17-5-6-18(11(2)8-17)13(19)16(3)4/h7,9-11H,5-6,8H2,1-4H3,(H,14,15)/t10?,11-/m0/s1. The van der Waals surface area contributed by atoms with E-state index in [2.05, 4.69) is 35.1 Å². The number of amides is 2. The van der Waals surface area contributed by atoms with Gasteiger partial charge in [-0.2, -0.15) is 0 Å². The van der Waals surface area contributed by atoms with Crippen LogP contribution in [0.3, 0.4) is 0 Å². The van der Waals surface area contributed by atoms with Crippen molar-refractivity contribution in [1.29, 1.82) is 0 Å². The first-order valence-corrected chi connectivity index (χ1v) is 6.72. The molecule has 2 amide bonds. The molecule has 0 aromatic carbocycles. The lowest BCUT2D eigenvalue weighted by atomic mass is 10.2. The zero-order valence-electron chi connectivity index (χ0n) is 12.1. The normalized spacial score (nSPS) is 26.8. The molecule has 0 aromatic heterocycles. The van der Waals surface area contributed by atoms with Crippen LogP contribution >= 0.6 is 0 Å². The quantitative estimate of drug-likeness (QED) is 0.752. The highest BCUT2D eigenvalue weighted by atomic mass is 16.2. The second kappa shape index (κ2) is 5.50. The Hall–Kier alpha value is -1.72. The summed E-state index contributed by atoms with van der Waals surface area (Å²) in [4.78, 5) is 22.1. The number of hydrogen-bond donors (Lipinski definition) is 1. The predicted molar refractivity (Wildman–Crippen MR) is 76.0 cm³/mol. The molecule has 6 nitrogen and oxygen atoms in total. The molecule has 19 heavy (non-hydrogen) atoms. The average Bonchev–Trinajstić information content (AvgIpc) is 2.37. The number of carbonyl (C=O) groups excluding carboxylic acids is 1. The molecule has 2 heterocycles. The first kappa shape index (κ1) is 13.7. The summed E-state index contributed by atoms with van der Waals surface area (Å²) in [6, 6.07) is 0.515. The fraction of sp³-hybridized carbons (Fsp3) is 0.692. The second-order valence-electron chi connectivity index (χ2n) is 5.38. The van der Waals surface area contributed by atoms with Crippen molar-refractivity contribution >= 4 is 12.4 Å². The van der Waals surface area contributed by atoms with Crippen molar-refractivity contribution in [3.63, 3.8) is 0 Å². The lowest BCUT2D eigenvalue weighted by Crippen LogP contribution is -2.57. The second-order valence-corrected chi connectivity index (χ2v) is 5.38. The monoisotopic (exact) mass is 265 g/mol. The van der Waals surface area contributed by atoms with Gasteiger partial charge in [-0.25, -0.2) is 4.79 Å². The van der Waals surface area contributed by atoms with E-state index in [1.165, 1.54) is 0 Å². The van der Waals surface area contributed by atoms with Gasteiger partial charge in [0.25, 0.3) is 0 Å². The van der Waals surface area contributed by atoms with Gasteiger partial charge in [0.1, 0.15) is 5.82 Å². The highest BCUT2D eigenvalue weighted by molar-refractivity contribution is 5.74. The predicted octanol–water partition coefficient (Wildman–Crippen LogP) is 0.536. The summed E-state index contributed by atoms with van der Waals surface area (Å²) in [5.41, 5.74) is 0. The third kappa shape index (κ3) is 3.00. The minimum Gasteiger partial charge on any atom is -0.355 e. The Labute approximate surface area is 114 Å². The van der Waals surface area contributed by atoms with Crippen molar-refractivity contribution < 1.29 is 4.79 Å². The van der Waals surface area contributed by atoms with Crippen molar-refractivity contribution in [2.45, 2.75) is 25.9 Å². The Morgan fingerprint density at radius 3 is 2.74 bits per heavy atom. The Morgan fingerprint density at radius 2 is 2.16 bits per heavy atom. The molecular formula is C13H23N5O. The molecule has 2 rings (SSSR count). The van der Waals surface area contributed by atoms with Crippen LogP contribution in [0.2, 0.25) is 0 Å². The van der Waals surface area contributed by atoms with Gasteiger partial charge in [-0.05, 0) is 19.9 Å². The maximum absolute atomic E-state index is 12.0. The summed E-state index contributed by atoms with van der Waals surface area (Å²) in [7, 11) is 3.59. The van der Waals surface area contributed by atoms with Crippen molar-refractivity contribution in [3.8, 4) is 0 Å². The fourth-order valence-electron chi connectivity index (χ4n) is 2.45. The summed E-state index contributed by atoms with van der Waals surface area (Å²) < 4.78 is 0. The largest absolute Gasteiger partial charge is 0.355 e. The van der Waals surface area contributed by atoms with Crippen LogP contribution in [-0.2, 0) is 0 Å². The summed E-state index contributed by atoms with van der Waals surface area (Å²) in [5.74, 6) is 1.10. The Balaban J connectivity index is 1.98. The van der Waals surface area contributed by atoms with Crippen LogP contribution in [-0.4, -0.2) is 72.9 Å². The van der Waals surface area contributed by atoms with Crippen molar-refractivity contribution in [1.82, 2.24) is 20.0 Å². The maximum atomic E-state index is 12.0. The van der Waals surface area contributed by atoms with Crippen LogP contribution in [0.5, 0.6) is 0 Å². The van der Waals surface area contributed by atoms with Gasteiger partial charge in [0.2, 0.25) is 0 Å². The van der Waals surface area contributed by atoms with Gasteiger partial charge in [-0.15, -0.1) is 0 Å². The van der Waals surface area contributed by atoms with E-state index in [1.54, 1.807) is 25.3 Å². The Morgan fingerprint density at radius 1 is 1.42 bits per heavy atom. The van der Waals surface area contributed by atoms with Crippen molar-refractivity contribution in [2.24, 2.45) is 4.99 Å². The van der Waals surface area contributed by atoms with E-state index in [4.69, 9.17) is 0 Å². The molecule has 0 saturated carbocycles. The van der Waals surface area contributed by atoms with Gasteiger partial charge >= 0.3 is 6.03 Å².